The number of azo groups is 1. The lowest BCUT2D eigenvalue weighted by molar-refractivity contribution is -0.115. The minimum absolute atomic E-state index is 0.0281. The molecule has 2 aromatic rings. The normalized spacial score (nSPS) is 12.9. The van der Waals surface area contributed by atoms with Gasteiger partial charge in [-0.2, -0.15) is 26.0 Å². The van der Waals surface area contributed by atoms with Crippen LogP contribution in [0.5, 0.6) is 0 Å². The van der Waals surface area contributed by atoms with Gasteiger partial charge in [-0.05, 0) is 60.9 Å². The molecular weight excluding hydrogens is 474 g/mol. The molecule has 0 fully saturated rings. The molecule has 38 heavy (non-hydrogen) atoms. The fourth-order valence-corrected chi connectivity index (χ4v) is 3.84. The first-order valence-corrected chi connectivity index (χ1v) is 12.6. The molecular formula is C30H29N7O. The Bertz CT molecular complexity index is 1370. The molecule has 1 amide bonds. The van der Waals surface area contributed by atoms with Gasteiger partial charge in [-0.25, -0.2) is 0 Å². The van der Waals surface area contributed by atoms with Crippen molar-refractivity contribution in [2.45, 2.75) is 39.5 Å². The molecule has 8 heteroatoms. The highest BCUT2D eigenvalue weighted by molar-refractivity contribution is 6.05. The van der Waals surface area contributed by atoms with E-state index in [2.05, 4.69) is 46.4 Å². The van der Waals surface area contributed by atoms with Crippen LogP contribution in [0.2, 0.25) is 0 Å². The third-order valence-corrected chi connectivity index (χ3v) is 5.98. The van der Waals surface area contributed by atoms with Crippen LogP contribution in [0.4, 0.5) is 17.1 Å². The van der Waals surface area contributed by atoms with E-state index in [1.165, 1.54) is 37.4 Å². The number of allylic oxidation sites excluding steroid dienone is 2. The maximum atomic E-state index is 12.3. The summed E-state index contributed by atoms with van der Waals surface area (Å²) in [4.78, 5) is 14.7. The SMILES string of the molecule is CCCCN(CCCC)c1ccc(N=Nc2ccc(/C=C/C3=C(C#N)C(=C(C#N)C#N)NC3=O)cc2)cc1. The van der Waals surface area contributed by atoms with E-state index in [4.69, 9.17) is 10.5 Å². The minimum atomic E-state index is -0.536. The highest BCUT2D eigenvalue weighted by Crippen LogP contribution is 2.26. The van der Waals surface area contributed by atoms with E-state index >= 15 is 0 Å². The molecule has 1 heterocycles. The number of hydrogen-bond donors (Lipinski definition) is 1. The van der Waals surface area contributed by atoms with Crippen molar-refractivity contribution in [3.63, 3.8) is 0 Å². The van der Waals surface area contributed by atoms with Gasteiger partial charge in [0.15, 0.2) is 5.57 Å². The monoisotopic (exact) mass is 503 g/mol. The molecule has 2 aromatic carbocycles. The average Bonchev–Trinajstić information content (AvgIpc) is 3.27. The Morgan fingerprint density at radius 1 is 0.868 bits per heavy atom. The Labute approximate surface area is 223 Å². The third kappa shape index (κ3) is 7.03. The van der Waals surface area contributed by atoms with Gasteiger partial charge < -0.3 is 10.2 Å². The van der Waals surface area contributed by atoms with E-state index in [0.29, 0.717) is 5.69 Å². The first-order chi connectivity index (χ1) is 18.5. The average molecular weight is 504 g/mol. The Balaban J connectivity index is 1.69. The number of nitriles is 3. The van der Waals surface area contributed by atoms with Crippen molar-refractivity contribution in [1.82, 2.24) is 5.32 Å². The van der Waals surface area contributed by atoms with Crippen LogP contribution in [0.3, 0.4) is 0 Å². The topological polar surface area (TPSA) is 128 Å². The summed E-state index contributed by atoms with van der Waals surface area (Å²) < 4.78 is 0. The molecule has 0 spiro atoms. The molecule has 0 aliphatic carbocycles. The van der Waals surface area contributed by atoms with Crippen molar-refractivity contribution >= 4 is 29.0 Å². The van der Waals surface area contributed by atoms with Gasteiger partial charge >= 0.3 is 0 Å². The second kappa shape index (κ2) is 13.9. The van der Waals surface area contributed by atoms with Crippen LogP contribution < -0.4 is 10.2 Å². The van der Waals surface area contributed by atoms with Crippen LogP contribution in [0.25, 0.3) is 6.08 Å². The predicted octanol–water partition coefficient (Wildman–Crippen LogP) is 6.77. The Morgan fingerprint density at radius 3 is 1.92 bits per heavy atom. The standard InChI is InChI=1S/C30H29N7O/c1-3-5-17-37(18-6-4-2)26-14-12-25(13-15-26)36-35-24-10-7-22(8-11-24)9-16-27-28(21-33)29(34-30(27)38)23(19-31)20-32/h7-16H,3-6,17-18H2,1-2H3,(H,34,38)/b16-9+,36-35?. The summed E-state index contributed by atoms with van der Waals surface area (Å²) in [5.74, 6) is -0.536. The van der Waals surface area contributed by atoms with Gasteiger partial charge in [0.1, 0.15) is 18.2 Å². The number of unbranched alkanes of at least 4 members (excludes halogenated alkanes) is 2. The molecule has 1 N–H and O–H groups in total. The van der Waals surface area contributed by atoms with Gasteiger partial charge in [0, 0.05) is 18.8 Å². The largest absolute Gasteiger partial charge is 0.372 e. The van der Waals surface area contributed by atoms with Crippen LogP contribution >= 0.6 is 0 Å². The maximum absolute atomic E-state index is 12.3. The number of hydrogen-bond acceptors (Lipinski definition) is 7. The smallest absolute Gasteiger partial charge is 0.257 e. The lowest BCUT2D eigenvalue weighted by atomic mass is 10.1. The van der Waals surface area contributed by atoms with Gasteiger partial charge in [0.2, 0.25) is 0 Å². The Hall–Kier alpha value is -5.00. The van der Waals surface area contributed by atoms with E-state index in [1.54, 1.807) is 30.3 Å². The molecule has 8 nitrogen and oxygen atoms in total. The van der Waals surface area contributed by atoms with Crippen LogP contribution in [0.1, 0.15) is 45.1 Å². The van der Waals surface area contributed by atoms with Crippen molar-refractivity contribution in [1.29, 1.82) is 15.8 Å². The highest BCUT2D eigenvalue weighted by Gasteiger charge is 2.28. The second-order valence-corrected chi connectivity index (χ2v) is 8.66. The minimum Gasteiger partial charge on any atom is -0.372 e. The van der Waals surface area contributed by atoms with Gasteiger partial charge in [0.25, 0.3) is 5.91 Å². The summed E-state index contributed by atoms with van der Waals surface area (Å²) in [5, 5.41) is 38.7. The number of rotatable bonds is 11. The molecule has 1 aliphatic heterocycles. The molecule has 0 atom stereocenters. The number of benzene rings is 2. The first kappa shape index (κ1) is 27.6. The van der Waals surface area contributed by atoms with Crippen molar-refractivity contribution in [2.24, 2.45) is 10.2 Å². The molecule has 1 aliphatic rings. The predicted molar refractivity (Wildman–Crippen MR) is 147 cm³/mol. The highest BCUT2D eigenvalue weighted by atomic mass is 16.2. The number of carbonyl (C=O) groups is 1. The van der Waals surface area contributed by atoms with Crippen LogP contribution in [-0.4, -0.2) is 19.0 Å². The van der Waals surface area contributed by atoms with Crippen LogP contribution in [0, 0.1) is 34.0 Å². The van der Waals surface area contributed by atoms with E-state index in [1.807, 2.05) is 30.3 Å². The summed E-state index contributed by atoms with van der Waals surface area (Å²) in [6.07, 6.45) is 7.85. The maximum Gasteiger partial charge on any atom is 0.257 e. The zero-order chi connectivity index (χ0) is 27.3. The molecule has 0 saturated carbocycles. The molecule has 0 saturated heterocycles. The van der Waals surface area contributed by atoms with Gasteiger partial charge in [0.05, 0.1) is 28.2 Å². The molecule has 3 rings (SSSR count). The fourth-order valence-electron chi connectivity index (χ4n) is 3.84. The third-order valence-electron chi connectivity index (χ3n) is 5.98. The van der Waals surface area contributed by atoms with E-state index in [9.17, 15) is 10.1 Å². The lowest BCUT2D eigenvalue weighted by Crippen LogP contribution is -2.25. The summed E-state index contributed by atoms with van der Waals surface area (Å²) in [7, 11) is 0. The summed E-state index contributed by atoms with van der Waals surface area (Å²) in [6, 6.07) is 20.7. The van der Waals surface area contributed by atoms with E-state index in [0.717, 1.165) is 24.3 Å². The molecule has 0 bridgehead atoms. The number of amides is 1. The van der Waals surface area contributed by atoms with Crippen molar-refractivity contribution in [3.05, 3.63) is 82.6 Å². The number of anilines is 1. The van der Waals surface area contributed by atoms with Crippen molar-refractivity contribution in [2.75, 3.05) is 18.0 Å². The summed E-state index contributed by atoms with van der Waals surface area (Å²) in [5.41, 5.74) is 3.13. The number of nitrogens with one attached hydrogen (secondary N) is 1. The first-order valence-electron chi connectivity index (χ1n) is 12.6. The second-order valence-electron chi connectivity index (χ2n) is 8.66. The lowest BCUT2D eigenvalue weighted by Gasteiger charge is -2.24. The Morgan fingerprint density at radius 2 is 1.42 bits per heavy atom. The molecule has 0 radical (unpaired) electrons. The van der Waals surface area contributed by atoms with Gasteiger partial charge in [-0.15, -0.1) is 0 Å². The zero-order valence-corrected chi connectivity index (χ0v) is 21.6. The van der Waals surface area contributed by atoms with Gasteiger partial charge in [-0.1, -0.05) is 44.9 Å². The summed E-state index contributed by atoms with van der Waals surface area (Å²) >= 11 is 0. The van der Waals surface area contributed by atoms with Crippen LogP contribution in [-0.2, 0) is 4.79 Å². The quantitative estimate of drug-likeness (QED) is 0.267. The van der Waals surface area contributed by atoms with Crippen molar-refractivity contribution < 1.29 is 4.79 Å². The summed E-state index contributed by atoms with van der Waals surface area (Å²) in [6.45, 7) is 6.52. The Kier molecular flexibility index (Phi) is 10.1. The van der Waals surface area contributed by atoms with E-state index in [-0.39, 0.29) is 22.4 Å². The van der Waals surface area contributed by atoms with Gasteiger partial charge in [-0.3, -0.25) is 4.79 Å². The fraction of sp³-hybridized carbons (Fsp3) is 0.267. The molecule has 0 aromatic heterocycles. The number of nitrogens with zero attached hydrogens (tertiary/aromatic N) is 6. The molecule has 0 unspecified atom stereocenters. The molecule has 190 valence electrons. The van der Waals surface area contributed by atoms with Crippen molar-refractivity contribution in [3.8, 4) is 18.2 Å². The van der Waals surface area contributed by atoms with Crippen LogP contribution in [0.15, 0.2) is 87.3 Å². The zero-order valence-electron chi connectivity index (χ0n) is 21.6. The number of carbonyl (C=O) groups excluding carboxylic acids is 1. The van der Waals surface area contributed by atoms with E-state index < -0.39 is 5.91 Å².